The Kier molecular flexibility index (Phi) is 4.92. The van der Waals surface area contributed by atoms with Crippen molar-refractivity contribution < 1.29 is 13.9 Å². The van der Waals surface area contributed by atoms with Crippen molar-refractivity contribution in [2.24, 2.45) is 5.92 Å². The van der Waals surface area contributed by atoms with Crippen LogP contribution in [-0.2, 0) is 22.6 Å². The molecule has 2 fully saturated rings. The van der Waals surface area contributed by atoms with Gasteiger partial charge in [0.25, 0.3) is 0 Å². The molecule has 0 unspecified atom stereocenters. The lowest BCUT2D eigenvalue weighted by molar-refractivity contribution is -0.0904. The van der Waals surface area contributed by atoms with Crippen LogP contribution in [0.2, 0.25) is 0 Å². The van der Waals surface area contributed by atoms with Gasteiger partial charge in [-0.1, -0.05) is 6.07 Å². The van der Waals surface area contributed by atoms with Crippen molar-refractivity contribution in [2.45, 2.75) is 38.1 Å². The summed E-state index contributed by atoms with van der Waals surface area (Å²) in [6.45, 7) is 4.02. The van der Waals surface area contributed by atoms with Gasteiger partial charge in [0.15, 0.2) is 0 Å². The van der Waals surface area contributed by atoms with E-state index in [0.717, 1.165) is 44.0 Å². The van der Waals surface area contributed by atoms with Crippen molar-refractivity contribution in [1.29, 1.82) is 0 Å². The van der Waals surface area contributed by atoms with Crippen molar-refractivity contribution in [3.05, 3.63) is 54.2 Å². The number of pyridine rings is 1. The molecule has 2 aromatic heterocycles. The SMILES string of the molecule is c1cncc(COC[C@@H]2CC[C@@H]3[C@H]2OCCN3Cc2ccco2)c1. The molecule has 1 aliphatic carbocycles. The Balaban J connectivity index is 1.31. The molecule has 24 heavy (non-hydrogen) atoms. The summed E-state index contributed by atoms with van der Waals surface area (Å²) in [5.74, 6) is 1.51. The topological polar surface area (TPSA) is 47.7 Å². The fourth-order valence-corrected chi connectivity index (χ4v) is 3.93. The van der Waals surface area contributed by atoms with Crippen LogP contribution in [0.15, 0.2) is 47.3 Å². The zero-order valence-electron chi connectivity index (χ0n) is 13.8. The van der Waals surface area contributed by atoms with E-state index in [1.807, 2.05) is 30.5 Å². The minimum absolute atomic E-state index is 0.280. The second-order valence-electron chi connectivity index (χ2n) is 6.67. The number of rotatable bonds is 6. The first-order valence-electron chi connectivity index (χ1n) is 8.75. The van der Waals surface area contributed by atoms with Crippen molar-refractivity contribution in [2.75, 3.05) is 19.8 Å². The number of aromatic nitrogens is 1. The molecule has 4 rings (SSSR count). The molecular formula is C19H24N2O3. The third-order valence-electron chi connectivity index (χ3n) is 5.10. The van der Waals surface area contributed by atoms with Gasteiger partial charge in [-0.15, -0.1) is 0 Å². The Morgan fingerprint density at radius 1 is 1.25 bits per heavy atom. The summed E-state index contributed by atoms with van der Waals surface area (Å²) in [7, 11) is 0. The highest BCUT2D eigenvalue weighted by Crippen LogP contribution is 2.35. The molecule has 128 valence electrons. The molecule has 2 aromatic rings. The fraction of sp³-hybridized carbons (Fsp3) is 0.526. The van der Waals surface area contributed by atoms with Gasteiger partial charge in [-0.2, -0.15) is 0 Å². The summed E-state index contributed by atoms with van der Waals surface area (Å²) < 4.78 is 17.6. The molecule has 1 saturated heterocycles. The Morgan fingerprint density at radius 3 is 3.08 bits per heavy atom. The maximum absolute atomic E-state index is 6.10. The summed E-state index contributed by atoms with van der Waals surface area (Å²) >= 11 is 0. The third kappa shape index (κ3) is 3.53. The molecule has 5 nitrogen and oxygen atoms in total. The smallest absolute Gasteiger partial charge is 0.117 e. The molecule has 3 heterocycles. The largest absolute Gasteiger partial charge is 0.468 e. The summed E-state index contributed by atoms with van der Waals surface area (Å²) in [5, 5.41) is 0. The molecule has 0 amide bonds. The Labute approximate surface area is 142 Å². The standard InChI is InChI=1S/C19H24N2O3/c1-3-15(11-20-7-1)13-22-14-16-5-6-18-19(16)24-10-8-21(18)12-17-4-2-9-23-17/h1-4,7,9,11,16,18-19H,5-6,8,10,12-14H2/t16-,18+,19-/m0/s1. The van der Waals surface area contributed by atoms with Crippen molar-refractivity contribution in [3.63, 3.8) is 0 Å². The fourth-order valence-electron chi connectivity index (χ4n) is 3.93. The molecular weight excluding hydrogens is 304 g/mol. The van der Waals surface area contributed by atoms with Gasteiger partial charge in [0.05, 0.1) is 38.7 Å². The first-order valence-corrected chi connectivity index (χ1v) is 8.75. The normalized spacial score (nSPS) is 27.2. The van der Waals surface area contributed by atoms with Crippen LogP contribution in [0.3, 0.4) is 0 Å². The molecule has 0 spiro atoms. The number of hydrogen-bond donors (Lipinski definition) is 0. The molecule has 0 bridgehead atoms. The van der Waals surface area contributed by atoms with E-state index >= 15 is 0 Å². The Bertz CT molecular complexity index is 617. The average Bonchev–Trinajstić information content (AvgIpc) is 3.27. The van der Waals surface area contributed by atoms with Crippen LogP contribution in [0, 0.1) is 5.92 Å². The number of ether oxygens (including phenoxy) is 2. The predicted molar refractivity (Wildman–Crippen MR) is 89.3 cm³/mol. The number of hydrogen-bond acceptors (Lipinski definition) is 5. The molecule has 0 N–H and O–H groups in total. The summed E-state index contributed by atoms with van der Waals surface area (Å²) in [6, 6.07) is 8.48. The van der Waals surface area contributed by atoms with Crippen LogP contribution in [0.1, 0.15) is 24.2 Å². The summed E-state index contributed by atoms with van der Waals surface area (Å²) in [6.07, 6.45) is 8.01. The van der Waals surface area contributed by atoms with E-state index in [0.29, 0.717) is 18.6 Å². The van der Waals surface area contributed by atoms with Gasteiger partial charge in [-0.25, -0.2) is 0 Å². The highest BCUT2D eigenvalue weighted by molar-refractivity contribution is 5.07. The van der Waals surface area contributed by atoms with Gasteiger partial charge in [-0.05, 0) is 36.6 Å². The van der Waals surface area contributed by atoms with Gasteiger partial charge in [-0.3, -0.25) is 9.88 Å². The minimum atomic E-state index is 0.280. The van der Waals surface area contributed by atoms with Crippen LogP contribution < -0.4 is 0 Å². The molecule has 3 atom stereocenters. The van der Waals surface area contributed by atoms with Gasteiger partial charge in [0, 0.05) is 30.9 Å². The lowest BCUT2D eigenvalue weighted by atomic mass is 10.0. The molecule has 1 aliphatic heterocycles. The highest BCUT2D eigenvalue weighted by atomic mass is 16.5. The number of morpholine rings is 1. The van der Waals surface area contributed by atoms with E-state index in [4.69, 9.17) is 13.9 Å². The summed E-state index contributed by atoms with van der Waals surface area (Å²) in [4.78, 5) is 6.63. The van der Waals surface area contributed by atoms with Crippen molar-refractivity contribution in [1.82, 2.24) is 9.88 Å². The zero-order valence-corrected chi connectivity index (χ0v) is 13.8. The maximum atomic E-state index is 6.10. The van der Waals surface area contributed by atoms with E-state index in [1.165, 1.54) is 6.42 Å². The molecule has 2 aliphatic rings. The van der Waals surface area contributed by atoms with Gasteiger partial charge in [0.2, 0.25) is 0 Å². The molecule has 5 heteroatoms. The van der Waals surface area contributed by atoms with E-state index in [-0.39, 0.29) is 6.10 Å². The van der Waals surface area contributed by atoms with Crippen molar-refractivity contribution >= 4 is 0 Å². The predicted octanol–water partition coefficient (Wildman–Crippen LogP) is 2.87. The first-order chi connectivity index (χ1) is 11.9. The summed E-state index contributed by atoms with van der Waals surface area (Å²) in [5.41, 5.74) is 1.12. The van der Waals surface area contributed by atoms with Crippen molar-refractivity contribution in [3.8, 4) is 0 Å². The van der Waals surface area contributed by atoms with E-state index < -0.39 is 0 Å². The number of fused-ring (bicyclic) bond motifs is 1. The monoisotopic (exact) mass is 328 g/mol. The maximum Gasteiger partial charge on any atom is 0.117 e. The van der Waals surface area contributed by atoms with Gasteiger partial charge in [0.1, 0.15) is 5.76 Å². The van der Waals surface area contributed by atoms with Crippen LogP contribution in [0.5, 0.6) is 0 Å². The Morgan fingerprint density at radius 2 is 2.25 bits per heavy atom. The van der Waals surface area contributed by atoms with E-state index in [2.05, 4.69) is 9.88 Å². The zero-order chi connectivity index (χ0) is 16.2. The first kappa shape index (κ1) is 15.8. The average molecular weight is 328 g/mol. The lowest BCUT2D eigenvalue weighted by Crippen LogP contribution is -2.50. The highest BCUT2D eigenvalue weighted by Gasteiger charge is 2.42. The molecule has 1 saturated carbocycles. The lowest BCUT2D eigenvalue weighted by Gasteiger charge is -2.38. The second kappa shape index (κ2) is 7.47. The Hall–Kier alpha value is -1.69. The molecule has 0 aromatic carbocycles. The van der Waals surface area contributed by atoms with Gasteiger partial charge >= 0.3 is 0 Å². The third-order valence-corrected chi connectivity index (χ3v) is 5.10. The van der Waals surface area contributed by atoms with Crippen LogP contribution in [-0.4, -0.2) is 41.8 Å². The minimum Gasteiger partial charge on any atom is -0.468 e. The van der Waals surface area contributed by atoms with Crippen LogP contribution in [0.25, 0.3) is 0 Å². The van der Waals surface area contributed by atoms with E-state index in [9.17, 15) is 0 Å². The van der Waals surface area contributed by atoms with Crippen LogP contribution in [0.4, 0.5) is 0 Å². The number of furan rings is 1. The molecule has 0 radical (unpaired) electrons. The van der Waals surface area contributed by atoms with Gasteiger partial charge < -0.3 is 13.9 Å². The second-order valence-corrected chi connectivity index (χ2v) is 6.67. The number of nitrogens with zero attached hydrogens (tertiary/aromatic N) is 2. The quantitative estimate of drug-likeness (QED) is 0.816. The van der Waals surface area contributed by atoms with Crippen LogP contribution >= 0.6 is 0 Å². The van der Waals surface area contributed by atoms with E-state index in [1.54, 1.807) is 12.5 Å².